The predicted octanol–water partition coefficient (Wildman–Crippen LogP) is 2.14. The predicted molar refractivity (Wildman–Crippen MR) is 85.8 cm³/mol. The molecule has 0 fully saturated rings. The maximum absolute atomic E-state index is 13.3. The van der Waals surface area contributed by atoms with Gasteiger partial charge in [-0.25, -0.2) is 5.48 Å². The lowest BCUT2D eigenvalue weighted by Crippen LogP contribution is -2.45. The third kappa shape index (κ3) is 3.69. The molecule has 0 bridgehead atoms. The molecular weight excluding hydrogens is 361 g/mol. The molecule has 1 aliphatic rings. The molecule has 25 heavy (non-hydrogen) atoms. The van der Waals surface area contributed by atoms with Gasteiger partial charge in [-0.1, -0.05) is 24.4 Å². The fourth-order valence-electron chi connectivity index (χ4n) is 2.49. The van der Waals surface area contributed by atoms with Crippen molar-refractivity contribution >= 4 is 23.1 Å². The molecule has 0 aromatic heterocycles. The highest BCUT2D eigenvalue weighted by molar-refractivity contribution is 7.80. The first kappa shape index (κ1) is 19.0. The van der Waals surface area contributed by atoms with E-state index in [2.05, 4.69) is 0 Å². The van der Waals surface area contributed by atoms with Crippen molar-refractivity contribution in [2.45, 2.75) is 12.2 Å². The molecule has 1 amide bonds. The number of hydrogen-bond acceptors (Lipinski definition) is 5. The minimum atomic E-state index is -4.69. The minimum Gasteiger partial charge on any atom is -0.493 e. The topological polar surface area (TPSA) is 71.0 Å². The van der Waals surface area contributed by atoms with E-state index in [1.165, 1.54) is 29.6 Å². The Labute approximate surface area is 146 Å². The first-order valence-electron chi connectivity index (χ1n) is 6.99. The van der Waals surface area contributed by atoms with Gasteiger partial charge in [0.1, 0.15) is 16.6 Å². The van der Waals surface area contributed by atoms with Gasteiger partial charge in [0.25, 0.3) is 5.91 Å². The average Bonchev–Trinajstić information content (AvgIpc) is 3.07. The van der Waals surface area contributed by atoms with E-state index >= 15 is 0 Å². The highest BCUT2D eigenvalue weighted by atomic mass is 32.1. The number of alkyl halides is 3. The molecule has 6 nitrogen and oxygen atoms in total. The molecule has 2 rings (SSSR count). The quantitative estimate of drug-likeness (QED) is 0.363. The minimum absolute atomic E-state index is 0.00468. The summed E-state index contributed by atoms with van der Waals surface area (Å²) < 4.78 is 49.8. The fourth-order valence-corrected chi connectivity index (χ4v) is 2.80. The van der Waals surface area contributed by atoms with Crippen LogP contribution in [0, 0.1) is 0 Å². The first-order chi connectivity index (χ1) is 11.7. The number of amides is 1. The van der Waals surface area contributed by atoms with Crippen LogP contribution in [-0.2, 0) is 11.0 Å². The largest absolute Gasteiger partial charge is 0.493 e. The van der Waals surface area contributed by atoms with Crippen LogP contribution < -0.4 is 15.0 Å². The number of ether oxygens (including phenoxy) is 2. The Morgan fingerprint density at radius 3 is 2.56 bits per heavy atom. The second kappa shape index (κ2) is 7.28. The summed E-state index contributed by atoms with van der Waals surface area (Å²) in [6.45, 7) is 0.215. The lowest BCUT2D eigenvalue weighted by atomic mass is 10.1. The van der Waals surface area contributed by atoms with Crippen molar-refractivity contribution in [3.05, 3.63) is 35.4 Å². The molecule has 2 N–H and O–H groups in total. The van der Waals surface area contributed by atoms with Gasteiger partial charge in [-0.15, -0.1) is 0 Å². The number of halogens is 3. The van der Waals surface area contributed by atoms with E-state index < -0.39 is 29.4 Å². The summed E-state index contributed by atoms with van der Waals surface area (Å²) in [6.07, 6.45) is -1.57. The summed E-state index contributed by atoms with van der Waals surface area (Å²) in [5.41, 5.74) is 0.505. The summed E-state index contributed by atoms with van der Waals surface area (Å²) in [4.78, 5) is 13.1. The van der Waals surface area contributed by atoms with Crippen LogP contribution in [0.4, 0.5) is 13.2 Å². The highest BCUT2D eigenvalue weighted by Gasteiger charge is 2.38. The van der Waals surface area contributed by atoms with E-state index in [1.807, 2.05) is 0 Å². The highest BCUT2D eigenvalue weighted by Crippen LogP contribution is 2.42. The normalized spacial score (nSPS) is 16.7. The Morgan fingerprint density at radius 2 is 2.04 bits per heavy atom. The SMILES string of the molecule is COc1cc(C(=S)N2CC=C[C@@H]2C(=O)NO)cc(C(F)(F)F)c1OC. The zero-order chi connectivity index (χ0) is 18.8. The van der Waals surface area contributed by atoms with Gasteiger partial charge in [0, 0.05) is 12.1 Å². The second-order valence-electron chi connectivity index (χ2n) is 5.06. The summed E-state index contributed by atoms with van der Waals surface area (Å²) in [6, 6.07) is 1.23. The van der Waals surface area contributed by atoms with Crippen molar-refractivity contribution in [2.75, 3.05) is 20.8 Å². The number of nitrogens with one attached hydrogen (secondary N) is 1. The molecule has 1 aromatic carbocycles. The fraction of sp³-hybridized carbons (Fsp3) is 0.333. The van der Waals surface area contributed by atoms with Gasteiger partial charge >= 0.3 is 6.18 Å². The van der Waals surface area contributed by atoms with Gasteiger partial charge in [0.2, 0.25) is 0 Å². The van der Waals surface area contributed by atoms with E-state index in [9.17, 15) is 18.0 Å². The smallest absolute Gasteiger partial charge is 0.420 e. The van der Waals surface area contributed by atoms with Crippen molar-refractivity contribution in [2.24, 2.45) is 0 Å². The van der Waals surface area contributed by atoms with Gasteiger partial charge in [0.05, 0.1) is 14.2 Å². The zero-order valence-corrected chi connectivity index (χ0v) is 14.1. The summed E-state index contributed by atoms with van der Waals surface area (Å²) in [5, 5.41) is 8.78. The van der Waals surface area contributed by atoms with Crippen molar-refractivity contribution in [1.29, 1.82) is 0 Å². The standard InChI is InChI=1S/C15H15F3N2O4S/c1-23-11-7-8(6-9(12(11)24-2)15(16,17)18)14(25)20-5-3-4-10(20)13(21)19-22/h3-4,6-7,10,22H,5H2,1-2H3,(H,19,21)/t10-/m1/s1. The van der Waals surface area contributed by atoms with Crippen LogP contribution in [0.1, 0.15) is 11.1 Å². The van der Waals surface area contributed by atoms with Crippen LogP contribution in [-0.4, -0.2) is 47.8 Å². The Morgan fingerprint density at radius 1 is 1.36 bits per heavy atom. The lowest BCUT2D eigenvalue weighted by Gasteiger charge is -2.26. The van der Waals surface area contributed by atoms with E-state index in [0.29, 0.717) is 0 Å². The summed E-state index contributed by atoms with van der Waals surface area (Å²) in [5.74, 6) is -1.33. The van der Waals surface area contributed by atoms with Gasteiger partial charge < -0.3 is 14.4 Å². The second-order valence-corrected chi connectivity index (χ2v) is 5.45. The molecule has 0 aliphatic carbocycles. The van der Waals surface area contributed by atoms with Gasteiger partial charge in [-0.3, -0.25) is 10.0 Å². The van der Waals surface area contributed by atoms with Crippen LogP contribution in [0.15, 0.2) is 24.3 Å². The molecule has 0 spiro atoms. The molecule has 1 atom stereocenters. The zero-order valence-electron chi connectivity index (χ0n) is 13.3. The number of thiocarbonyl (C=S) groups is 1. The van der Waals surface area contributed by atoms with E-state index in [1.54, 1.807) is 6.08 Å². The summed E-state index contributed by atoms with van der Waals surface area (Å²) in [7, 11) is 2.32. The van der Waals surface area contributed by atoms with Crippen LogP contribution in [0.5, 0.6) is 11.5 Å². The number of methoxy groups -OCH3 is 2. The monoisotopic (exact) mass is 376 g/mol. The van der Waals surface area contributed by atoms with Crippen molar-refractivity contribution in [3.8, 4) is 11.5 Å². The van der Waals surface area contributed by atoms with Crippen LogP contribution in [0.2, 0.25) is 0 Å². The molecule has 0 unspecified atom stereocenters. The molecule has 136 valence electrons. The van der Waals surface area contributed by atoms with Crippen LogP contribution in [0.25, 0.3) is 0 Å². The number of hydrogen-bond donors (Lipinski definition) is 2. The van der Waals surface area contributed by atoms with E-state index in [4.69, 9.17) is 26.9 Å². The van der Waals surface area contributed by atoms with Gasteiger partial charge in [0.15, 0.2) is 11.5 Å². The number of carbonyl (C=O) groups is 1. The van der Waals surface area contributed by atoms with Crippen molar-refractivity contribution < 1.29 is 32.6 Å². The van der Waals surface area contributed by atoms with Crippen LogP contribution in [0.3, 0.4) is 0 Å². The van der Waals surface area contributed by atoms with Crippen LogP contribution >= 0.6 is 12.2 Å². The molecule has 1 heterocycles. The van der Waals surface area contributed by atoms with E-state index in [-0.39, 0.29) is 22.8 Å². The lowest BCUT2D eigenvalue weighted by molar-refractivity contribution is -0.139. The number of hydroxylamine groups is 1. The first-order valence-corrected chi connectivity index (χ1v) is 7.40. The van der Waals surface area contributed by atoms with Crippen molar-refractivity contribution in [3.63, 3.8) is 0 Å². The molecular formula is C15H15F3N2O4S. The summed E-state index contributed by atoms with van der Waals surface area (Å²) >= 11 is 5.25. The third-order valence-corrected chi connectivity index (χ3v) is 4.10. The number of rotatable bonds is 4. The Bertz CT molecular complexity index is 721. The molecule has 1 aliphatic heterocycles. The number of benzene rings is 1. The average molecular weight is 376 g/mol. The maximum Gasteiger partial charge on any atom is 0.420 e. The molecule has 0 saturated heterocycles. The Balaban J connectivity index is 2.48. The number of nitrogens with zero attached hydrogens (tertiary/aromatic N) is 1. The number of carbonyl (C=O) groups excluding carboxylic acids is 1. The van der Waals surface area contributed by atoms with Crippen molar-refractivity contribution in [1.82, 2.24) is 10.4 Å². The molecule has 1 aromatic rings. The Kier molecular flexibility index (Phi) is 5.53. The Hall–Kier alpha value is -2.33. The maximum atomic E-state index is 13.3. The molecule has 10 heteroatoms. The molecule has 0 saturated carbocycles. The van der Waals surface area contributed by atoms with E-state index in [0.717, 1.165) is 13.2 Å². The van der Waals surface area contributed by atoms with Gasteiger partial charge in [-0.2, -0.15) is 13.2 Å². The molecule has 0 radical (unpaired) electrons. The van der Waals surface area contributed by atoms with Gasteiger partial charge in [-0.05, 0) is 12.1 Å². The third-order valence-electron chi connectivity index (χ3n) is 3.63.